The molecule has 0 saturated carbocycles. The smallest absolute Gasteiger partial charge is 0.324 e. The molecule has 1 amide bonds. The molecule has 9 heteroatoms. The summed E-state index contributed by atoms with van der Waals surface area (Å²) < 4.78 is 15.8. The molecule has 1 N–H and O–H groups in total. The van der Waals surface area contributed by atoms with Crippen molar-refractivity contribution in [1.29, 1.82) is 0 Å². The Kier molecular flexibility index (Phi) is 4.63. The number of aromatic nitrogens is 5. The molecule has 0 aliphatic carbocycles. The maximum atomic E-state index is 13.4. The van der Waals surface area contributed by atoms with Gasteiger partial charge in [0.1, 0.15) is 18.2 Å². The van der Waals surface area contributed by atoms with E-state index in [4.69, 9.17) is 0 Å². The third kappa shape index (κ3) is 3.62. The molecule has 1 aromatic carbocycles. The Morgan fingerprint density at radius 2 is 1.97 bits per heavy atom. The predicted molar refractivity (Wildman–Crippen MR) is 105 cm³/mol. The van der Waals surface area contributed by atoms with Crippen molar-refractivity contribution in [2.75, 3.05) is 5.32 Å². The van der Waals surface area contributed by atoms with Crippen LogP contribution >= 0.6 is 0 Å². The zero-order chi connectivity index (χ0) is 20.5. The summed E-state index contributed by atoms with van der Waals surface area (Å²) in [5, 5.41) is 6.85. The molecule has 0 bridgehead atoms. The van der Waals surface area contributed by atoms with Gasteiger partial charge in [0.25, 0.3) is 0 Å². The first-order valence-corrected chi connectivity index (χ1v) is 8.87. The van der Waals surface area contributed by atoms with Crippen LogP contribution in [0.25, 0.3) is 17.0 Å². The molecule has 0 unspecified atom stereocenters. The second kappa shape index (κ2) is 7.27. The molecule has 146 valence electrons. The molecule has 0 radical (unpaired) electrons. The van der Waals surface area contributed by atoms with Gasteiger partial charge in [0, 0.05) is 18.0 Å². The number of anilines is 1. The zero-order valence-corrected chi connectivity index (χ0v) is 15.8. The quantitative estimate of drug-likeness (QED) is 0.575. The molecular weight excluding hydrogens is 375 g/mol. The highest BCUT2D eigenvalue weighted by atomic mass is 19.1. The normalized spacial score (nSPS) is 11.0. The SMILES string of the molecule is Cc1ccc(F)cc1NC(=O)Cn1nc2cc(-c3ccccn3)nc(C)n2c1=O. The highest BCUT2D eigenvalue weighted by Gasteiger charge is 2.15. The first kappa shape index (κ1) is 18.5. The summed E-state index contributed by atoms with van der Waals surface area (Å²) in [6, 6.07) is 11.2. The van der Waals surface area contributed by atoms with E-state index >= 15 is 0 Å². The van der Waals surface area contributed by atoms with Gasteiger partial charge in [-0.15, -0.1) is 5.10 Å². The molecule has 0 aliphatic heterocycles. The summed E-state index contributed by atoms with van der Waals surface area (Å²) in [6.07, 6.45) is 1.65. The van der Waals surface area contributed by atoms with E-state index in [-0.39, 0.29) is 6.54 Å². The minimum atomic E-state index is -0.486. The van der Waals surface area contributed by atoms with Crippen molar-refractivity contribution < 1.29 is 9.18 Å². The van der Waals surface area contributed by atoms with Crippen LogP contribution in [-0.4, -0.2) is 30.1 Å². The van der Waals surface area contributed by atoms with Gasteiger partial charge in [-0.2, -0.15) is 0 Å². The van der Waals surface area contributed by atoms with Crippen molar-refractivity contribution in [3.05, 3.63) is 76.4 Å². The van der Waals surface area contributed by atoms with Crippen molar-refractivity contribution >= 4 is 17.2 Å². The Morgan fingerprint density at radius 3 is 2.72 bits per heavy atom. The van der Waals surface area contributed by atoms with E-state index in [9.17, 15) is 14.0 Å². The highest BCUT2D eigenvalue weighted by Crippen LogP contribution is 2.17. The van der Waals surface area contributed by atoms with Crippen LogP contribution in [0.4, 0.5) is 10.1 Å². The summed E-state index contributed by atoms with van der Waals surface area (Å²) >= 11 is 0. The number of nitrogens with zero attached hydrogens (tertiary/aromatic N) is 5. The number of hydrogen-bond acceptors (Lipinski definition) is 5. The number of amides is 1. The van der Waals surface area contributed by atoms with Crippen molar-refractivity contribution in [3.8, 4) is 11.4 Å². The van der Waals surface area contributed by atoms with Gasteiger partial charge in [0.05, 0.1) is 11.4 Å². The lowest BCUT2D eigenvalue weighted by molar-refractivity contribution is -0.117. The van der Waals surface area contributed by atoms with Crippen LogP contribution in [0.15, 0.2) is 53.5 Å². The van der Waals surface area contributed by atoms with Gasteiger partial charge >= 0.3 is 5.69 Å². The number of hydrogen-bond donors (Lipinski definition) is 1. The molecule has 3 aromatic heterocycles. The van der Waals surface area contributed by atoms with Crippen LogP contribution in [0.5, 0.6) is 0 Å². The molecule has 0 atom stereocenters. The summed E-state index contributed by atoms with van der Waals surface area (Å²) in [5.41, 5.74) is 2.16. The van der Waals surface area contributed by atoms with E-state index in [1.165, 1.54) is 16.5 Å². The Labute approximate surface area is 164 Å². The Morgan fingerprint density at radius 1 is 1.14 bits per heavy atom. The number of carbonyl (C=O) groups excluding carboxylic acids is 1. The topological polar surface area (TPSA) is 94.2 Å². The van der Waals surface area contributed by atoms with Crippen molar-refractivity contribution in [3.63, 3.8) is 0 Å². The summed E-state index contributed by atoms with van der Waals surface area (Å²) in [6.45, 7) is 3.12. The number of carbonyl (C=O) groups is 1. The number of rotatable bonds is 4. The molecule has 0 spiro atoms. The molecule has 29 heavy (non-hydrogen) atoms. The molecule has 8 nitrogen and oxygen atoms in total. The Balaban J connectivity index is 1.65. The molecular formula is C20H17FN6O2. The Hall–Kier alpha value is -3.88. The molecule has 4 aromatic rings. The van der Waals surface area contributed by atoms with E-state index in [1.54, 1.807) is 38.2 Å². The van der Waals surface area contributed by atoms with Gasteiger partial charge in [-0.25, -0.2) is 23.3 Å². The molecule has 0 aliphatic rings. The fourth-order valence-electron chi connectivity index (χ4n) is 3.00. The number of pyridine rings is 1. The average molecular weight is 392 g/mol. The van der Waals surface area contributed by atoms with Crippen LogP contribution in [0.2, 0.25) is 0 Å². The third-order valence-corrected chi connectivity index (χ3v) is 4.43. The van der Waals surface area contributed by atoms with Crippen LogP contribution in [0.1, 0.15) is 11.4 Å². The highest BCUT2D eigenvalue weighted by molar-refractivity contribution is 5.91. The number of benzene rings is 1. The first-order valence-electron chi connectivity index (χ1n) is 8.87. The predicted octanol–water partition coefficient (Wildman–Crippen LogP) is 2.35. The largest absolute Gasteiger partial charge is 0.352 e. The first-order chi connectivity index (χ1) is 13.9. The van der Waals surface area contributed by atoms with Crippen LogP contribution in [-0.2, 0) is 11.3 Å². The third-order valence-electron chi connectivity index (χ3n) is 4.43. The Bertz CT molecular complexity index is 1280. The number of fused-ring (bicyclic) bond motifs is 1. The van der Waals surface area contributed by atoms with E-state index in [0.29, 0.717) is 34.1 Å². The van der Waals surface area contributed by atoms with Gasteiger partial charge in [-0.1, -0.05) is 12.1 Å². The lowest BCUT2D eigenvalue weighted by atomic mass is 10.2. The lowest BCUT2D eigenvalue weighted by Crippen LogP contribution is -2.29. The van der Waals surface area contributed by atoms with Gasteiger partial charge in [0.15, 0.2) is 5.65 Å². The van der Waals surface area contributed by atoms with Crippen molar-refractivity contribution in [2.24, 2.45) is 0 Å². The summed E-state index contributed by atoms with van der Waals surface area (Å²) in [5.74, 6) is -0.514. The minimum Gasteiger partial charge on any atom is -0.324 e. The molecule has 4 rings (SSSR count). The zero-order valence-electron chi connectivity index (χ0n) is 15.8. The van der Waals surface area contributed by atoms with Gasteiger partial charge in [-0.05, 0) is 43.7 Å². The average Bonchev–Trinajstić information content (AvgIpc) is 3.01. The second-order valence-corrected chi connectivity index (χ2v) is 6.54. The van der Waals surface area contributed by atoms with E-state index in [2.05, 4.69) is 20.4 Å². The monoisotopic (exact) mass is 392 g/mol. The molecule has 3 heterocycles. The number of nitrogens with one attached hydrogen (secondary N) is 1. The van der Waals surface area contributed by atoms with Crippen molar-refractivity contribution in [1.82, 2.24) is 24.1 Å². The van der Waals surface area contributed by atoms with Gasteiger partial charge in [-0.3, -0.25) is 9.78 Å². The maximum Gasteiger partial charge on any atom is 0.352 e. The van der Waals surface area contributed by atoms with E-state index < -0.39 is 17.4 Å². The minimum absolute atomic E-state index is 0.311. The second-order valence-electron chi connectivity index (χ2n) is 6.54. The van der Waals surface area contributed by atoms with E-state index in [0.717, 1.165) is 4.68 Å². The lowest BCUT2D eigenvalue weighted by Gasteiger charge is -2.07. The van der Waals surface area contributed by atoms with Crippen molar-refractivity contribution in [2.45, 2.75) is 20.4 Å². The summed E-state index contributed by atoms with van der Waals surface area (Å²) in [7, 11) is 0. The number of halogens is 1. The fraction of sp³-hybridized carbons (Fsp3) is 0.150. The molecule has 0 fully saturated rings. The van der Waals surface area contributed by atoms with Gasteiger partial charge < -0.3 is 5.32 Å². The van der Waals surface area contributed by atoms with Crippen LogP contribution in [0, 0.1) is 19.7 Å². The van der Waals surface area contributed by atoms with E-state index in [1.807, 2.05) is 12.1 Å². The number of aryl methyl sites for hydroxylation is 2. The van der Waals surface area contributed by atoms with Gasteiger partial charge in [0.2, 0.25) is 5.91 Å². The fourth-order valence-corrected chi connectivity index (χ4v) is 3.00. The van der Waals surface area contributed by atoms with Crippen LogP contribution < -0.4 is 11.0 Å². The maximum absolute atomic E-state index is 13.4. The standard InChI is InChI=1S/C20H17FN6O2/c1-12-6-7-14(21)9-16(12)24-19(28)11-26-20(29)27-13(2)23-17(10-18(27)25-26)15-5-3-4-8-22-15/h3-10H,11H2,1-2H3,(H,24,28). The molecule has 0 saturated heterocycles. The summed E-state index contributed by atoms with van der Waals surface area (Å²) in [4.78, 5) is 33.7. The van der Waals surface area contributed by atoms with Crippen LogP contribution in [0.3, 0.4) is 0 Å².